The van der Waals surface area contributed by atoms with Crippen LogP contribution in [0.4, 0.5) is 0 Å². The number of esters is 2. The lowest BCUT2D eigenvalue weighted by atomic mass is 9.88. The summed E-state index contributed by atoms with van der Waals surface area (Å²) in [5.41, 5.74) is 6.89. The molecular weight excluding hydrogens is 689 g/mol. The van der Waals surface area contributed by atoms with Gasteiger partial charge in [0.05, 0.1) is 24.3 Å². The molecule has 0 aliphatic rings. The van der Waals surface area contributed by atoms with Crippen molar-refractivity contribution in [1.29, 1.82) is 0 Å². The zero-order valence-electron chi connectivity index (χ0n) is 31.3. The first kappa shape index (κ1) is 43.0. The molecule has 0 saturated heterocycles. The van der Waals surface area contributed by atoms with Crippen LogP contribution in [0.2, 0.25) is 0 Å². The van der Waals surface area contributed by atoms with E-state index in [1.165, 1.54) is 45.8 Å². The molecule has 52 heavy (non-hydrogen) atoms. The lowest BCUT2D eigenvalue weighted by molar-refractivity contribution is -0.109. The summed E-state index contributed by atoms with van der Waals surface area (Å²) in [5, 5.41) is 0.374. The number of hydrogen-bond donors (Lipinski definition) is 0. The summed E-state index contributed by atoms with van der Waals surface area (Å²) < 4.78 is 11.0. The van der Waals surface area contributed by atoms with Crippen LogP contribution in [-0.2, 0) is 44.7 Å². The third-order valence-corrected chi connectivity index (χ3v) is 10.8. The zero-order valence-corrected chi connectivity index (χ0v) is 33.0. The van der Waals surface area contributed by atoms with E-state index in [-0.39, 0.29) is 22.2 Å². The van der Waals surface area contributed by atoms with E-state index in [2.05, 4.69) is 12.1 Å². The number of carbonyl (C=O) groups is 4. The van der Waals surface area contributed by atoms with E-state index < -0.39 is 0 Å². The van der Waals surface area contributed by atoms with Gasteiger partial charge in [0.15, 0.2) is 10.2 Å². The van der Waals surface area contributed by atoms with Gasteiger partial charge in [-0.2, -0.15) is 0 Å². The first-order valence-corrected chi connectivity index (χ1v) is 21.1. The lowest BCUT2D eigenvalue weighted by Crippen LogP contribution is -2.07. The van der Waals surface area contributed by atoms with Crippen molar-refractivity contribution >= 4 is 45.7 Å². The topological polar surface area (TPSA) is 86.7 Å². The molecule has 0 heterocycles. The van der Waals surface area contributed by atoms with E-state index in [4.69, 9.17) is 9.47 Å². The van der Waals surface area contributed by atoms with Crippen molar-refractivity contribution in [3.63, 3.8) is 0 Å². The molecule has 0 bridgehead atoms. The van der Waals surface area contributed by atoms with Gasteiger partial charge in [0.25, 0.3) is 0 Å². The monoisotopic (exact) mass is 746 g/mol. The largest absolute Gasteiger partial charge is 0.462 e. The maximum absolute atomic E-state index is 12.3. The SMILES string of the molecule is CC(=O)SCCCCCc1cc(CCCCCOC(=O)c2ccccc2)c(CCCCCOC(=O)c2ccccc2)cc1CCCCCSC(C)=O. The summed E-state index contributed by atoms with van der Waals surface area (Å²) in [5.74, 6) is 1.24. The number of aryl methyl sites for hydroxylation is 4. The van der Waals surface area contributed by atoms with Crippen LogP contribution in [0.25, 0.3) is 0 Å². The Morgan fingerprint density at radius 1 is 0.442 bits per heavy atom. The predicted octanol–water partition coefficient (Wildman–Crippen LogP) is 10.8. The molecule has 0 N–H and O–H groups in total. The zero-order chi connectivity index (χ0) is 37.2. The van der Waals surface area contributed by atoms with Crippen LogP contribution in [0.5, 0.6) is 0 Å². The van der Waals surface area contributed by atoms with Crippen molar-refractivity contribution in [2.75, 3.05) is 24.7 Å². The second-order valence-electron chi connectivity index (χ2n) is 13.3. The number of benzene rings is 3. The van der Waals surface area contributed by atoms with Crippen LogP contribution in [0.15, 0.2) is 72.8 Å². The standard InChI is InChI=1S/C44H58O6S2/c1-35(45)51-31-19-7-15-27-41-33-39(25-13-5-17-29-49-43(47)37-21-9-3-10-22-37)40(34-42(41)28-16-8-20-32-52-36(2)46)26-14-6-18-30-50-44(48)38-23-11-4-12-24-38/h3-4,9-12,21-24,33-34H,5-8,13-20,25-32H2,1-2H3. The van der Waals surface area contributed by atoms with Crippen molar-refractivity contribution in [1.82, 2.24) is 0 Å². The molecule has 0 amide bonds. The molecule has 282 valence electrons. The normalized spacial score (nSPS) is 11.0. The van der Waals surface area contributed by atoms with E-state index >= 15 is 0 Å². The Kier molecular flexibility index (Phi) is 21.9. The highest BCUT2D eigenvalue weighted by Crippen LogP contribution is 2.26. The number of rotatable bonds is 26. The summed E-state index contributed by atoms with van der Waals surface area (Å²) in [6.45, 7) is 4.12. The average Bonchev–Trinajstić information content (AvgIpc) is 3.15. The van der Waals surface area contributed by atoms with Gasteiger partial charge < -0.3 is 9.47 Å². The fraction of sp³-hybridized carbons (Fsp3) is 0.500. The average molecular weight is 747 g/mol. The highest BCUT2D eigenvalue weighted by Gasteiger charge is 2.12. The Bertz CT molecular complexity index is 1380. The summed E-state index contributed by atoms with van der Waals surface area (Å²) in [6, 6.07) is 23.2. The molecule has 0 atom stereocenters. The maximum atomic E-state index is 12.3. The summed E-state index contributed by atoms with van der Waals surface area (Å²) in [4.78, 5) is 47.4. The van der Waals surface area contributed by atoms with Gasteiger partial charge in [0.1, 0.15) is 0 Å². The molecule has 3 aromatic carbocycles. The fourth-order valence-corrected chi connectivity index (χ4v) is 7.45. The Morgan fingerprint density at radius 3 is 1.10 bits per heavy atom. The third kappa shape index (κ3) is 18.4. The molecule has 6 nitrogen and oxygen atoms in total. The Morgan fingerprint density at radius 2 is 0.769 bits per heavy atom. The van der Waals surface area contributed by atoms with E-state index in [0.29, 0.717) is 24.3 Å². The predicted molar refractivity (Wildman–Crippen MR) is 216 cm³/mol. The van der Waals surface area contributed by atoms with E-state index in [9.17, 15) is 19.2 Å². The molecule has 0 unspecified atom stereocenters. The molecule has 0 aliphatic carbocycles. The quantitative estimate of drug-likeness (QED) is 0.0593. The van der Waals surface area contributed by atoms with Gasteiger partial charge >= 0.3 is 11.9 Å². The van der Waals surface area contributed by atoms with E-state index in [1.807, 2.05) is 36.4 Å². The molecule has 8 heteroatoms. The Hall–Kier alpha value is -3.36. The van der Waals surface area contributed by atoms with Crippen molar-refractivity contribution in [2.24, 2.45) is 0 Å². The molecule has 0 radical (unpaired) electrons. The van der Waals surface area contributed by atoms with Crippen LogP contribution in [0.3, 0.4) is 0 Å². The van der Waals surface area contributed by atoms with Crippen LogP contribution in [0, 0.1) is 0 Å². The molecule has 0 saturated carbocycles. The van der Waals surface area contributed by atoms with Crippen LogP contribution >= 0.6 is 23.5 Å². The number of carbonyl (C=O) groups excluding carboxylic acids is 4. The van der Waals surface area contributed by atoms with Gasteiger partial charge in [-0.1, -0.05) is 84.9 Å². The minimum atomic E-state index is -0.268. The molecule has 0 aromatic heterocycles. The smallest absolute Gasteiger partial charge is 0.338 e. The Labute approximate surface area is 320 Å². The van der Waals surface area contributed by atoms with Crippen molar-refractivity contribution < 1.29 is 28.7 Å². The van der Waals surface area contributed by atoms with Crippen LogP contribution in [0.1, 0.15) is 134 Å². The number of thioether (sulfide) groups is 2. The number of hydrogen-bond acceptors (Lipinski definition) is 8. The summed E-state index contributed by atoms with van der Waals surface area (Å²) in [7, 11) is 0. The molecule has 3 aromatic rings. The lowest BCUT2D eigenvalue weighted by Gasteiger charge is -2.18. The second-order valence-corrected chi connectivity index (χ2v) is 15.9. The van der Waals surface area contributed by atoms with Crippen LogP contribution in [-0.4, -0.2) is 46.9 Å². The molecule has 0 fully saturated rings. The highest BCUT2D eigenvalue weighted by molar-refractivity contribution is 8.13. The molecule has 3 rings (SSSR count). The molecular formula is C44H58O6S2. The Balaban J connectivity index is 1.61. The maximum Gasteiger partial charge on any atom is 0.338 e. The van der Waals surface area contributed by atoms with Gasteiger partial charge in [-0.15, -0.1) is 0 Å². The van der Waals surface area contributed by atoms with E-state index in [1.54, 1.807) is 38.1 Å². The first-order valence-electron chi connectivity index (χ1n) is 19.2. The van der Waals surface area contributed by atoms with Crippen molar-refractivity contribution in [2.45, 2.75) is 117 Å². The van der Waals surface area contributed by atoms with Crippen molar-refractivity contribution in [3.8, 4) is 0 Å². The number of unbranched alkanes of at least 4 members (excludes halogenated alkanes) is 8. The van der Waals surface area contributed by atoms with Gasteiger partial charge in [0, 0.05) is 25.4 Å². The fourth-order valence-electron chi connectivity index (χ4n) is 6.18. The van der Waals surface area contributed by atoms with Gasteiger partial charge in [0.2, 0.25) is 0 Å². The van der Waals surface area contributed by atoms with Gasteiger partial charge in [-0.05, 0) is 136 Å². The molecule has 0 aliphatic heterocycles. The summed E-state index contributed by atoms with van der Waals surface area (Å²) in [6.07, 6.45) is 16.3. The molecule has 0 spiro atoms. The highest BCUT2D eigenvalue weighted by atomic mass is 32.2. The first-order chi connectivity index (χ1) is 25.3. The van der Waals surface area contributed by atoms with Gasteiger partial charge in [-0.3, -0.25) is 9.59 Å². The second kappa shape index (κ2) is 26.4. The minimum Gasteiger partial charge on any atom is -0.462 e. The van der Waals surface area contributed by atoms with Gasteiger partial charge in [-0.25, -0.2) is 9.59 Å². The van der Waals surface area contributed by atoms with Crippen molar-refractivity contribution in [3.05, 3.63) is 106 Å². The third-order valence-electron chi connectivity index (χ3n) is 8.98. The van der Waals surface area contributed by atoms with Crippen LogP contribution < -0.4 is 0 Å². The summed E-state index contributed by atoms with van der Waals surface area (Å²) >= 11 is 2.84. The number of ether oxygens (including phenoxy) is 2. The minimum absolute atomic E-state index is 0.187. The van der Waals surface area contributed by atoms with E-state index in [0.717, 1.165) is 114 Å².